The van der Waals surface area contributed by atoms with Gasteiger partial charge in [-0.2, -0.15) is 0 Å². The fourth-order valence-electron chi connectivity index (χ4n) is 3.51. The first-order valence-electron chi connectivity index (χ1n) is 10.1. The fraction of sp³-hybridized carbons (Fsp3) is 0.348. The van der Waals surface area contributed by atoms with Crippen LogP contribution in [0.2, 0.25) is 0 Å². The first kappa shape index (κ1) is 20.3. The number of fused-ring (bicyclic) bond motifs is 1. The van der Waals surface area contributed by atoms with Crippen LogP contribution in [0.15, 0.2) is 46.9 Å². The molecule has 1 fully saturated rings. The van der Waals surface area contributed by atoms with Gasteiger partial charge in [0.1, 0.15) is 23.7 Å². The van der Waals surface area contributed by atoms with Gasteiger partial charge in [0.25, 0.3) is 5.91 Å². The monoisotopic (exact) mass is 410 g/mol. The number of benzene rings is 2. The summed E-state index contributed by atoms with van der Waals surface area (Å²) in [6.45, 7) is 6.71. The second kappa shape index (κ2) is 9.19. The number of nitrogens with zero attached hydrogens (tertiary/aromatic N) is 1. The molecule has 158 valence electrons. The number of carbonyl (C=O) groups is 1. The molecule has 0 spiro atoms. The number of hydrogen-bond acceptors (Lipinski definition) is 6. The average molecular weight is 410 g/mol. The quantitative estimate of drug-likeness (QED) is 0.640. The van der Waals surface area contributed by atoms with Crippen LogP contribution in [0.4, 0.5) is 5.69 Å². The number of rotatable bonds is 7. The zero-order valence-electron chi connectivity index (χ0n) is 17.3. The molecule has 7 nitrogen and oxygen atoms in total. The first-order valence-corrected chi connectivity index (χ1v) is 10.1. The van der Waals surface area contributed by atoms with Gasteiger partial charge < -0.3 is 23.9 Å². The van der Waals surface area contributed by atoms with Crippen molar-refractivity contribution in [1.29, 1.82) is 0 Å². The molecule has 1 aromatic heterocycles. The van der Waals surface area contributed by atoms with Crippen molar-refractivity contribution in [3.05, 3.63) is 53.8 Å². The zero-order chi connectivity index (χ0) is 20.9. The van der Waals surface area contributed by atoms with Gasteiger partial charge in [0.2, 0.25) is 0 Å². The van der Waals surface area contributed by atoms with Crippen molar-refractivity contribution in [2.24, 2.45) is 0 Å². The predicted octanol–water partition coefficient (Wildman–Crippen LogP) is 3.71. The van der Waals surface area contributed by atoms with E-state index in [-0.39, 0.29) is 11.7 Å². The van der Waals surface area contributed by atoms with Gasteiger partial charge >= 0.3 is 0 Å². The maximum absolute atomic E-state index is 12.8. The fourth-order valence-corrected chi connectivity index (χ4v) is 3.51. The number of nitrogens with one attached hydrogen (secondary N) is 1. The van der Waals surface area contributed by atoms with Crippen molar-refractivity contribution >= 4 is 22.6 Å². The van der Waals surface area contributed by atoms with Gasteiger partial charge in [-0.05, 0) is 37.3 Å². The van der Waals surface area contributed by atoms with Crippen molar-refractivity contribution in [2.45, 2.75) is 6.92 Å². The smallest absolute Gasteiger partial charge is 0.291 e. The van der Waals surface area contributed by atoms with E-state index >= 15 is 0 Å². The Morgan fingerprint density at radius 2 is 1.97 bits per heavy atom. The SMILES string of the molecule is COc1ccc2oc(C(=O)Nc3cccc(OCCN4CCOCC4)c3)c(C)c2c1. The molecular weight excluding hydrogens is 384 g/mol. The summed E-state index contributed by atoms with van der Waals surface area (Å²) in [5.74, 6) is 1.43. The number of amides is 1. The van der Waals surface area contributed by atoms with Crippen LogP contribution in [-0.4, -0.2) is 57.4 Å². The number of morpholine rings is 1. The Labute approximate surface area is 175 Å². The van der Waals surface area contributed by atoms with Crippen molar-refractivity contribution in [3.8, 4) is 11.5 Å². The van der Waals surface area contributed by atoms with Crippen LogP contribution < -0.4 is 14.8 Å². The highest BCUT2D eigenvalue weighted by Gasteiger charge is 2.18. The number of carbonyl (C=O) groups excluding carboxylic acids is 1. The highest BCUT2D eigenvalue weighted by atomic mass is 16.5. The largest absolute Gasteiger partial charge is 0.497 e. The molecular formula is C23H26N2O5. The van der Waals surface area contributed by atoms with Crippen LogP contribution in [-0.2, 0) is 4.74 Å². The van der Waals surface area contributed by atoms with Crippen LogP contribution in [0, 0.1) is 6.92 Å². The maximum atomic E-state index is 12.8. The Kier molecular flexibility index (Phi) is 6.21. The van der Waals surface area contributed by atoms with E-state index in [1.165, 1.54) is 0 Å². The number of ether oxygens (including phenoxy) is 3. The minimum atomic E-state index is -0.298. The average Bonchev–Trinajstić information content (AvgIpc) is 3.11. The van der Waals surface area contributed by atoms with Gasteiger partial charge in [0.15, 0.2) is 5.76 Å². The lowest BCUT2D eigenvalue weighted by molar-refractivity contribution is 0.0322. The number of hydrogen-bond donors (Lipinski definition) is 1. The normalized spacial score (nSPS) is 14.6. The van der Waals surface area contributed by atoms with E-state index in [2.05, 4.69) is 10.2 Å². The molecule has 0 aliphatic carbocycles. The number of anilines is 1. The van der Waals surface area contributed by atoms with Crippen molar-refractivity contribution in [1.82, 2.24) is 4.90 Å². The third-order valence-electron chi connectivity index (χ3n) is 5.22. The molecule has 30 heavy (non-hydrogen) atoms. The summed E-state index contributed by atoms with van der Waals surface area (Å²) in [5, 5.41) is 3.76. The van der Waals surface area contributed by atoms with Crippen molar-refractivity contribution in [3.63, 3.8) is 0 Å². The van der Waals surface area contributed by atoms with Gasteiger partial charge in [-0.1, -0.05) is 6.07 Å². The molecule has 1 N–H and O–H groups in total. The molecule has 0 atom stereocenters. The standard InChI is InChI=1S/C23H26N2O5/c1-16-20-15-18(27-2)6-7-21(20)30-22(16)23(26)24-17-4-3-5-19(14-17)29-13-10-25-8-11-28-12-9-25/h3-7,14-15H,8-13H2,1-2H3,(H,24,26). The molecule has 1 aliphatic heterocycles. The third kappa shape index (κ3) is 4.58. The molecule has 1 amide bonds. The van der Waals surface area contributed by atoms with Crippen LogP contribution in [0.3, 0.4) is 0 Å². The summed E-state index contributed by atoms with van der Waals surface area (Å²) in [6, 6.07) is 12.9. The van der Waals surface area contributed by atoms with Crippen molar-refractivity contribution in [2.75, 3.05) is 51.9 Å². The molecule has 1 saturated heterocycles. The predicted molar refractivity (Wildman–Crippen MR) is 115 cm³/mol. The second-order valence-electron chi connectivity index (χ2n) is 7.20. The Balaban J connectivity index is 1.40. The van der Waals surface area contributed by atoms with Crippen molar-refractivity contribution < 1.29 is 23.4 Å². The Hall–Kier alpha value is -3.03. The van der Waals surface area contributed by atoms with Gasteiger partial charge in [0.05, 0.1) is 20.3 Å². The molecule has 1 aliphatic rings. The lowest BCUT2D eigenvalue weighted by Gasteiger charge is -2.26. The summed E-state index contributed by atoms with van der Waals surface area (Å²) in [6.07, 6.45) is 0. The van der Waals surface area contributed by atoms with E-state index in [0.29, 0.717) is 23.6 Å². The number of methoxy groups -OCH3 is 1. The lowest BCUT2D eigenvalue weighted by atomic mass is 10.1. The van der Waals surface area contributed by atoms with Gasteiger partial charge in [-0.15, -0.1) is 0 Å². The highest BCUT2D eigenvalue weighted by Crippen LogP contribution is 2.29. The summed E-state index contributed by atoms with van der Waals surface area (Å²) < 4.78 is 22.3. The zero-order valence-corrected chi connectivity index (χ0v) is 17.3. The van der Waals surface area contributed by atoms with Crippen LogP contribution in [0.5, 0.6) is 11.5 Å². The summed E-state index contributed by atoms with van der Waals surface area (Å²) in [4.78, 5) is 15.1. The van der Waals surface area contributed by atoms with E-state index in [4.69, 9.17) is 18.6 Å². The molecule has 2 aromatic carbocycles. The maximum Gasteiger partial charge on any atom is 0.291 e. The number of furan rings is 1. The van der Waals surface area contributed by atoms with Crippen LogP contribution in [0.1, 0.15) is 16.1 Å². The van der Waals surface area contributed by atoms with Crippen LogP contribution >= 0.6 is 0 Å². The van der Waals surface area contributed by atoms with Gasteiger partial charge in [0, 0.05) is 42.3 Å². The minimum absolute atomic E-state index is 0.289. The Morgan fingerprint density at radius 3 is 2.77 bits per heavy atom. The molecule has 0 bridgehead atoms. The van der Waals surface area contributed by atoms with E-state index in [9.17, 15) is 4.79 Å². The topological polar surface area (TPSA) is 73.2 Å². The molecule has 0 saturated carbocycles. The summed E-state index contributed by atoms with van der Waals surface area (Å²) >= 11 is 0. The summed E-state index contributed by atoms with van der Waals surface area (Å²) in [7, 11) is 1.61. The molecule has 2 heterocycles. The second-order valence-corrected chi connectivity index (χ2v) is 7.20. The highest BCUT2D eigenvalue weighted by molar-refractivity contribution is 6.06. The summed E-state index contributed by atoms with van der Waals surface area (Å²) in [5.41, 5.74) is 2.08. The molecule has 4 rings (SSSR count). The number of aryl methyl sites for hydroxylation is 1. The van der Waals surface area contributed by atoms with E-state index in [1.54, 1.807) is 13.2 Å². The van der Waals surface area contributed by atoms with E-state index < -0.39 is 0 Å². The molecule has 0 unspecified atom stereocenters. The van der Waals surface area contributed by atoms with Gasteiger partial charge in [-0.25, -0.2) is 0 Å². The van der Waals surface area contributed by atoms with Crippen LogP contribution in [0.25, 0.3) is 11.0 Å². The van der Waals surface area contributed by atoms with E-state index in [1.807, 2.05) is 43.3 Å². The Bertz CT molecular complexity index is 1020. The molecule has 3 aromatic rings. The minimum Gasteiger partial charge on any atom is -0.497 e. The third-order valence-corrected chi connectivity index (χ3v) is 5.22. The lowest BCUT2D eigenvalue weighted by Crippen LogP contribution is -2.38. The Morgan fingerprint density at radius 1 is 1.13 bits per heavy atom. The van der Waals surface area contributed by atoms with E-state index in [0.717, 1.165) is 49.5 Å². The first-order chi connectivity index (χ1) is 14.6. The molecule has 7 heteroatoms. The molecule has 0 radical (unpaired) electrons. The van der Waals surface area contributed by atoms with Gasteiger partial charge in [-0.3, -0.25) is 9.69 Å².